The highest BCUT2D eigenvalue weighted by atomic mass is 32.2. The number of aromatic nitrogens is 3. The van der Waals surface area contributed by atoms with Crippen molar-refractivity contribution < 1.29 is 19.1 Å². The minimum Gasteiger partial charge on any atom is -0.454 e. The Morgan fingerprint density at radius 1 is 1.12 bits per heavy atom. The molecule has 0 spiro atoms. The van der Waals surface area contributed by atoms with E-state index in [0.717, 1.165) is 5.01 Å². The lowest BCUT2D eigenvalue weighted by Crippen LogP contribution is -2.16. The van der Waals surface area contributed by atoms with E-state index in [1.54, 1.807) is 36.5 Å². The van der Waals surface area contributed by atoms with Gasteiger partial charge in [0.25, 0.3) is 5.91 Å². The van der Waals surface area contributed by atoms with Crippen LogP contribution in [0.3, 0.4) is 0 Å². The molecule has 0 atom stereocenters. The van der Waals surface area contributed by atoms with Crippen molar-refractivity contribution in [2.45, 2.75) is 31.2 Å². The van der Waals surface area contributed by atoms with E-state index in [0.29, 0.717) is 32.9 Å². The van der Waals surface area contributed by atoms with Crippen LogP contribution in [0.4, 0.5) is 10.8 Å². The second kappa shape index (κ2) is 9.13. The molecule has 0 saturated heterocycles. The predicted octanol–water partition coefficient (Wildman–Crippen LogP) is 3.94. The van der Waals surface area contributed by atoms with Crippen LogP contribution in [0.25, 0.3) is 0 Å². The highest BCUT2D eigenvalue weighted by molar-refractivity contribution is 8.00. The van der Waals surface area contributed by atoms with Crippen molar-refractivity contribution in [3.63, 3.8) is 0 Å². The zero-order chi connectivity index (χ0) is 22.7. The van der Waals surface area contributed by atoms with Crippen LogP contribution in [-0.2, 0) is 10.2 Å². The fourth-order valence-electron chi connectivity index (χ4n) is 2.73. The highest BCUT2D eigenvalue weighted by Gasteiger charge is 2.21. The Morgan fingerprint density at radius 3 is 2.72 bits per heavy atom. The van der Waals surface area contributed by atoms with E-state index >= 15 is 0 Å². The van der Waals surface area contributed by atoms with E-state index in [1.165, 1.54) is 23.1 Å². The van der Waals surface area contributed by atoms with Crippen molar-refractivity contribution in [1.82, 2.24) is 15.2 Å². The van der Waals surface area contributed by atoms with Gasteiger partial charge < -0.3 is 14.8 Å². The molecule has 0 saturated carbocycles. The number of nitrogens with one attached hydrogen (secondary N) is 2. The van der Waals surface area contributed by atoms with Crippen molar-refractivity contribution >= 4 is 45.7 Å². The quantitative estimate of drug-likeness (QED) is 0.520. The maximum Gasteiger partial charge on any atom is 0.260 e. The lowest BCUT2D eigenvalue weighted by molar-refractivity contribution is -0.113. The van der Waals surface area contributed by atoms with Crippen LogP contribution in [0.15, 0.2) is 41.6 Å². The third-order valence-corrected chi connectivity index (χ3v) is 6.57. The maximum absolute atomic E-state index is 12.8. The summed E-state index contributed by atoms with van der Waals surface area (Å²) in [6, 6.07) is 8.52. The fraction of sp³-hybridized carbons (Fsp3) is 0.286. The molecule has 1 aliphatic rings. The zero-order valence-corrected chi connectivity index (χ0v) is 19.3. The molecule has 0 radical (unpaired) electrons. The summed E-state index contributed by atoms with van der Waals surface area (Å²) in [5, 5.41) is 15.5. The molecule has 0 aliphatic carbocycles. The molecular formula is C21H21N5O4S2. The van der Waals surface area contributed by atoms with Gasteiger partial charge in [0.2, 0.25) is 17.8 Å². The molecule has 3 heterocycles. The molecule has 2 aromatic heterocycles. The number of benzene rings is 1. The Bertz CT molecular complexity index is 1160. The van der Waals surface area contributed by atoms with Gasteiger partial charge in [-0.3, -0.25) is 14.9 Å². The smallest absolute Gasteiger partial charge is 0.260 e. The number of amides is 2. The van der Waals surface area contributed by atoms with Crippen molar-refractivity contribution in [3.8, 4) is 11.5 Å². The normalized spacial score (nSPS) is 12.5. The molecule has 11 heteroatoms. The van der Waals surface area contributed by atoms with Gasteiger partial charge in [0.15, 0.2) is 11.5 Å². The van der Waals surface area contributed by atoms with Gasteiger partial charge in [0.05, 0.1) is 11.3 Å². The largest absolute Gasteiger partial charge is 0.454 e. The summed E-state index contributed by atoms with van der Waals surface area (Å²) in [5.74, 6) is 0.730. The Kier molecular flexibility index (Phi) is 6.28. The second-order valence-corrected chi connectivity index (χ2v) is 9.82. The molecule has 0 bridgehead atoms. The van der Waals surface area contributed by atoms with Crippen LogP contribution in [0.5, 0.6) is 11.5 Å². The highest BCUT2D eigenvalue weighted by Crippen LogP contribution is 2.34. The minimum absolute atomic E-state index is 0.0821. The molecule has 32 heavy (non-hydrogen) atoms. The van der Waals surface area contributed by atoms with Gasteiger partial charge in [-0.2, -0.15) is 0 Å². The van der Waals surface area contributed by atoms with E-state index in [-0.39, 0.29) is 29.8 Å². The summed E-state index contributed by atoms with van der Waals surface area (Å²) in [5.41, 5.74) is 0.812. The molecule has 2 N–H and O–H groups in total. The monoisotopic (exact) mass is 471 g/mol. The van der Waals surface area contributed by atoms with Crippen LogP contribution >= 0.6 is 23.1 Å². The number of fused-ring (bicyclic) bond motifs is 1. The Balaban J connectivity index is 1.38. The topological polar surface area (TPSA) is 115 Å². The number of pyridine rings is 1. The van der Waals surface area contributed by atoms with E-state index < -0.39 is 0 Å². The van der Waals surface area contributed by atoms with Crippen LogP contribution < -0.4 is 20.1 Å². The Hall–Kier alpha value is -3.18. The second-order valence-electron chi connectivity index (χ2n) is 7.88. The predicted molar refractivity (Wildman–Crippen MR) is 123 cm³/mol. The summed E-state index contributed by atoms with van der Waals surface area (Å²) in [6.45, 7) is 6.26. The lowest BCUT2D eigenvalue weighted by atomic mass is 9.98. The van der Waals surface area contributed by atoms with Gasteiger partial charge in [-0.25, -0.2) is 4.98 Å². The number of ether oxygens (including phenoxy) is 2. The summed E-state index contributed by atoms with van der Waals surface area (Å²) in [7, 11) is 0. The molecule has 0 fully saturated rings. The summed E-state index contributed by atoms with van der Waals surface area (Å²) >= 11 is 2.51. The molecule has 166 valence electrons. The van der Waals surface area contributed by atoms with Gasteiger partial charge in [0, 0.05) is 23.4 Å². The van der Waals surface area contributed by atoms with Crippen LogP contribution in [-0.4, -0.2) is 39.5 Å². The van der Waals surface area contributed by atoms with Crippen LogP contribution in [0, 0.1) is 0 Å². The molecule has 3 aromatic rings. The maximum atomic E-state index is 12.8. The molecule has 4 rings (SSSR count). The number of nitrogens with zero attached hydrogens (tertiary/aromatic N) is 3. The average Bonchev–Trinajstić information content (AvgIpc) is 3.41. The number of hydrogen-bond acceptors (Lipinski definition) is 9. The standard InChI is InChI=1S/C21H21N5O4S2/c1-21(2,3)19-25-26-20(32-19)24-17(28)13-5-4-8-22-18(13)31-10-16(27)23-12-6-7-14-15(9-12)30-11-29-14/h4-9H,10-11H2,1-3H3,(H,23,27)(H,24,26,28). The van der Waals surface area contributed by atoms with Gasteiger partial charge in [-0.15, -0.1) is 10.2 Å². The van der Waals surface area contributed by atoms with Gasteiger partial charge in [0.1, 0.15) is 10.0 Å². The summed E-state index contributed by atoms with van der Waals surface area (Å²) < 4.78 is 10.6. The summed E-state index contributed by atoms with van der Waals surface area (Å²) in [4.78, 5) is 29.5. The molecule has 9 nitrogen and oxygen atoms in total. The van der Waals surface area contributed by atoms with E-state index in [1.807, 2.05) is 20.8 Å². The third-order valence-electron chi connectivity index (χ3n) is 4.30. The van der Waals surface area contributed by atoms with Crippen LogP contribution in [0.1, 0.15) is 36.1 Å². The number of thioether (sulfide) groups is 1. The first-order valence-electron chi connectivity index (χ1n) is 9.72. The van der Waals surface area contributed by atoms with E-state index in [9.17, 15) is 9.59 Å². The number of rotatable bonds is 6. The number of anilines is 2. The van der Waals surface area contributed by atoms with Crippen LogP contribution in [0.2, 0.25) is 0 Å². The van der Waals surface area contributed by atoms with Crippen molar-refractivity contribution in [1.29, 1.82) is 0 Å². The SMILES string of the molecule is CC(C)(C)c1nnc(NC(=O)c2cccnc2SCC(=O)Nc2ccc3c(c2)OCO3)s1. The van der Waals surface area contributed by atoms with Crippen molar-refractivity contribution in [2.75, 3.05) is 23.2 Å². The zero-order valence-electron chi connectivity index (χ0n) is 17.7. The lowest BCUT2D eigenvalue weighted by Gasteiger charge is -2.12. The Morgan fingerprint density at radius 2 is 1.94 bits per heavy atom. The molecule has 2 amide bonds. The van der Waals surface area contributed by atoms with Crippen molar-refractivity contribution in [2.24, 2.45) is 0 Å². The average molecular weight is 472 g/mol. The van der Waals surface area contributed by atoms with Gasteiger partial charge in [-0.1, -0.05) is 43.9 Å². The number of hydrogen-bond donors (Lipinski definition) is 2. The molecule has 1 aliphatic heterocycles. The first-order valence-corrected chi connectivity index (χ1v) is 11.5. The molecule has 0 unspecified atom stereocenters. The van der Waals surface area contributed by atoms with E-state index in [4.69, 9.17) is 9.47 Å². The van der Waals surface area contributed by atoms with Crippen molar-refractivity contribution in [3.05, 3.63) is 47.1 Å². The first-order chi connectivity index (χ1) is 15.3. The molecule has 1 aromatic carbocycles. The Labute approximate surface area is 193 Å². The first kappa shape index (κ1) is 22.0. The fourth-order valence-corrected chi connectivity index (χ4v) is 4.31. The molecular weight excluding hydrogens is 450 g/mol. The van der Waals surface area contributed by atoms with Gasteiger partial charge in [-0.05, 0) is 24.3 Å². The number of carbonyl (C=O) groups excluding carboxylic acids is 2. The summed E-state index contributed by atoms with van der Waals surface area (Å²) in [6.07, 6.45) is 1.58. The van der Waals surface area contributed by atoms with Gasteiger partial charge >= 0.3 is 0 Å². The third kappa shape index (κ3) is 5.17. The number of carbonyl (C=O) groups is 2. The minimum atomic E-state index is -0.353. The van der Waals surface area contributed by atoms with E-state index in [2.05, 4.69) is 25.8 Å².